The van der Waals surface area contributed by atoms with E-state index in [1.807, 2.05) is 26.0 Å². The fraction of sp³-hybridized carbons (Fsp3) is 0.500. The summed E-state index contributed by atoms with van der Waals surface area (Å²) in [7, 11) is -3.93. The van der Waals surface area contributed by atoms with Crippen LogP contribution in [0.15, 0.2) is 47.6 Å². The van der Waals surface area contributed by atoms with Crippen LogP contribution < -0.4 is 14.2 Å². The van der Waals surface area contributed by atoms with Crippen molar-refractivity contribution < 1.29 is 22.7 Å². The maximum absolute atomic E-state index is 13.3. The molecule has 2 aliphatic heterocycles. The Labute approximate surface area is 201 Å². The zero-order chi connectivity index (χ0) is 24.1. The molecule has 1 aromatic carbocycles. The van der Waals surface area contributed by atoms with Crippen molar-refractivity contribution in [3.63, 3.8) is 0 Å². The van der Waals surface area contributed by atoms with Gasteiger partial charge in [-0.15, -0.1) is 0 Å². The quantitative estimate of drug-likeness (QED) is 0.635. The summed E-state index contributed by atoms with van der Waals surface area (Å²) >= 11 is 0. The van der Waals surface area contributed by atoms with E-state index in [2.05, 4.69) is 14.6 Å². The van der Waals surface area contributed by atoms with E-state index in [1.165, 1.54) is 17.7 Å². The van der Waals surface area contributed by atoms with Crippen LogP contribution in [-0.2, 0) is 21.4 Å². The predicted octanol–water partition coefficient (Wildman–Crippen LogP) is 1.89. The minimum Gasteiger partial charge on any atom is -0.490 e. The van der Waals surface area contributed by atoms with E-state index in [-0.39, 0.29) is 16.7 Å². The lowest BCUT2D eigenvalue weighted by atomic mass is 10.0. The van der Waals surface area contributed by atoms with Crippen molar-refractivity contribution in [2.45, 2.75) is 37.8 Å². The molecule has 0 saturated carbocycles. The first kappa shape index (κ1) is 24.4. The highest BCUT2D eigenvalue weighted by Crippen LogP contribution is 2.32. The lowest BCUT2D eigenvalue weighted by Crippen LogP contribution is -2.56. The van der Waals surface area contributed by atoms with Gasteiger partial charge in [0.05, 0.1) is 18.1 Å². The minimum atomic E-state index is -3.93. The van der Waals surface area contributed by atoms with Crippen LogP contribution in [0.2, 0.25) is 0 Å². The third-order valence-electron chi connectivity index (χ3n) is 6.08. The standard InChI is InChI=1S/C24H32N4O5S/c1-18(2)23(24(29)28-12-10-27(11-13-28)17-19-6-8-25-9-7-19)26-34(30,31)20-4-5-21-22(16-20)33-15-3-14-32-21/h4-9,16,18,23,26H,3,10-15,17H2,1-2H3/t23-/m1/s1. The Morgan fingerprint density at radius 3 is 2.38 bits per heavy atom. The van der Waals surface area contributed by atoms with Gasteiger partial charge in [0.1, 0.15) is 6.04 Å². The first-order valence-corrected chi connectivity index (χ1v) is 13.1. The molecule has 0 spiro atoms. The number of nitrogens with zero attached hydrogens (tertiary/aromatic N) is 3. The van der Waals surface area contributed by atoms with Gasteiger partial charge in [0.15, 0.2) is 11.5 Å². The molecule has 1 atom stereocenters. The molecule has 2 aromatic rings. The lowest BCUT2D eigenvalue weighted by Gasteiger charge is -2.37. The van der Waals surface area contributed by atoms with Gasteiger partial charge in [-0.25, -0.2) is 8.42 Å². The van der Waals surface area contributed by atoms with Crippen LogP contribution in [0.4, 0.5) is 0 Å². The van der Waals surface area contributed by atoms with Gasteiger partial charge in [0, 0.05) is 57.6 Å². The number of piperazine rings is 1. The number of benzene rings is 1. The van der Waals surface area contributed by atoms with Crippen molar-refractivity contribution >= 4 is 15.9 Å². The Hall–Kier alpha value is -2.69. The highest BCUT2D eigenvalue weighted by atomic mass is 32.2. The van der Waals surface area contributed by atoms with Crippen molar-refractivity contribution in [3.8, 4) is 11.5 Å². The van der Waals surface area contributed by atoms with E-state index in [9.17, 15) is 13.2 Å². The molecule has 1 amide bonds. The molecule has 1 saturated heterocycles. The molecule has 0 unspecified atom stereocenters. The number of fused-ring (bicyclic) bond motifs is 1. The molecule has 4 rings (SSSR count). The van der Waals surface area contributed by atoms with Crippen LogP contribution in [-0.4, -0.2) is 74.5 Å². The molecule has 3 heterocycles. The second kappa shape index (κ2) is 10.7. The van der Waals surface area contributed by atoms with E-state index < -0.39 is 16.1 Å². The number of rotatable bonds is 7. The molecule has 184 valence electrons. The normalized spacial score (nSPS) is 17.9. The number of ether oxygens (including phenoxy) is 2. The molecule has 9 nitrogen and oxygen atoms in total. The number of sulfonamides is 1. The second-order valence-corrected chi connectivity index (χ2v) is 10.7. The van der Waals surface area contributed by atoms with E-state index in [0.717, 1.165) is 26.1 Å². The summed E-state index contributed by atoms with van der Waals surface area (Å²) in [6.45, 7) is 8.05. The largest absolute Gasteiger partial charge is 0.490 e. The van der Waals surface area contributed by atoms with Gasteiger partial charge in [0.25, 0.3) is 0 Å². The molecular weight excluding hydrogens is 456 g/mol. The van der Waals surface area contributed by atoms with Crippen molar-refractivity contribution in [1.82, 2.24) is 19.5 Å². The smallest absolute Gasteiger partial charge is 0.241 e. The van der Waals surface area contributed by atoms with Gasteiger partial charge >= 0.3 is 0 Å². The summed E-state index contributed by atoms with van der Waals surface area (Å²) in [6, 6.07) is 7.66. The van der Waals surface area contributed by atoms with E-state index in [4.69, 9.17) is 9.47 Å². The summed E-state index contributed by atoms with van der Waals surface area (Å²) in [5.41, 5.74) is 1.18. The Morgan fingerprint density at radius 1 is 1.03 bits per heavy atom. The SMILES string of the molecule is CC(C)[C@@H](NS(=O)(=O)c1ccc2c(c1)OCCCO2)C(=O)N1CCN(Cc2ccncc2)CC1. The number of pyridine rings is 1. The number of amides is 1. The second-order valence-electron chi connectivity index (χ2n) is 8.96. The number of aromatic nitrogens is 1. The number of carbonyl (C=O) groups is 1. The zero-order valence-corrected chi connectivity index (χ0v) is 20.5. The molecule has 0 aliphatic carbocycles. The highest BCUT2D eigenvalue weighted by molar-refractivity contribution is 7.89. The summed E-state index contributed by atoms with van der Waals surface area (Å²) in [5, 5.41) is 0. The summed E-state index contributed by atoms with van der Waals surface area (Å²) < 4.78 is 40.2. The van der Waals surface area contributed by atoms with Crippen LogP contribution in [0.25, 0.3) is 0 Å². The number of nitrogens with one attached hydrogen (secondary N) is 1. The Balaban J connectivity index is 1.41. The molecule has 1 N–H and O–H groups in total. The fourth-order valence-corrected chi connectivity index (χ4v) is 5.44. The molecule has 1 fully saturated rings. The third kappa shape index (κ3) is 5.86. The van der Waals surface area contributed by atoms with Crippen LogP contribution in [0.3, 0.4) is 0 Å². The Morgan fingerprint density at radius 2 is 1.71 bits per heavy atom. The first-order chi connectivity index (χ1) is 16.3. The van der Waals surface area contributed by atoms with Crippen LogP contribution >= 0.6 is 0 Å². The molecule has 10 heteroatoms. The summed E-state index contributed by atoms with van der Waals surface area (Å²) in [5.74, 6) is 0.518. The maximum Gasteiger partial charge on any atom is 0.241 e. The number of hydrogen-bond donors (Lipinski definition) is 1. The number of hydrogen-bond acceptors (Lipinski definition) is 7. The molecule has 0 radical (unpaired) electrons. The summed E-state index contributed by atoms with van der Waals surface area (Å²) in [4.78, 5) is 21.5. The fourth-order valence-electron chi connectivity index (χ4n) is 4.09. The maximum atomic E-state index is 13.3. The highest BCUT2D eigenvalue weighted by Gasteiger charge is 2.33. The van der Waals surface area contributed by atoms with Crippen LogP contribution in [0.5, 0.6) is 11.5 Å². The van der Waals surface area contributed by atoms with E-state index in [1.54, 1.807) is 23.4 Å². The summed E-state index contributed by atoms with van der Waals surface area (Å²) in [6.07, 6.45) is 4.28. The molecular formula is C24H32N4O5S. The first-order valence-electron chi connectivity index (χ1n) is 11.7. The van der Waals surface area contributed by atoms with Crippen molar-refractivity contribution in [2.75, 3.05) is 39.4 Å². The van der Waals surface area contributed by atoms with Crippen LogP contribution in [0, 0.1) is 5.92 Å². The van der Waals surface area contributed by atoms with Gasteiger partial charge < -0.3 is 14.4 Å². The van der Waals surface area contributed by atoms with Crippen molar-refractivity contribution in [1.29, 1.82) is 0 Å². The van der Waals surface area contributed by atoms with Gasteiger partial charge in [-0.05, 0) is 35.7 Å². The molecule has 2 aliphatic rings. The molecule has 34 heavy (non-hydrogen) atoms. The predicted molar refractivity (Wildman–Crippen MR) is 127 cm³/mol. The topological polar surface area (TPSA) is 101 Å². The minimum absolute atomic E-state index is 0.0531. The monoisotopic (exact) mass is 488 g/mol. The van der Waals surface area contributed by atoms with Gasteiger partial charge in [-0.1, -0.05) is 13.8 Å². The van der Waals surface area contributed by atoms with E-state index >= 15 is 0 Å². The average molecular weight is 489 g/mol. The number of carbonyl (C=O) groups excluding carboxylic acids is 1. The van der Waals surface area contributed by atoms with Crippen LogP contribution in [0.1, 0.15) is 25.8 Å². The lowest BCUT2D eigenvalue weighted by molar-refractivity contribution is -0.135. The molecule has 1 aromatic heterocycles. The Bertz CT molecular complexity index is 1090. The van der Waals surface area contributed by atoms with Gasteiger partial charge in [0.2, 0.25) is 15.9 Å². The van der Waals surface area contributed by atoms with Crippen molar-refractivity contribution in [3.05, 3.63) is 48.3 Å². The third-order valence-corrected chi connectivity index (χ3v) is 7.52. The van der Waals surface area contributed by atoms with Crippen molar-refractivity contribution in [2.24, 2.45) is 5.92 Å². The molecule has 0 bridgehead atoms. The average Bonchev–Trinajstić information content (AvgIpc) is 3.08. The van der Waals surface area contributed by atoms with E-state index in [0.29, 0.717) is 37.8 Å². The Kier molecular flexibility index (Phi) is 7.70. The van der Waals surface area contributed by atoms with Gasteiger partial charge in [-0.2, -0.15) is 4.72 Å². The zero-order valence-electron chi connectivity index (χ0n) is 19.6. The van der Waals surface area contributed by atoms with Gasteiger partial charge in [-0.3, -0.25) is 14.7 Å².